The zero-order valence-corrected chi connectivity index (χ0v) is 11.9. The number of Topliss-reactive ketones (excluding diaryl/α,β-unsaturated/α-hetero) is 1. The van der Waals surface area contributed by atoms with E-state index in [4.69, 9.17) is 0 Å². The Bertz CT molecular complexity index is 569. The fraction of sp³-hybridized carbons (Fsp3) is 0.353. The molecule has 0 bridgehead atoms. The molecule has 0 aliphatic carbocycles. The van der Waals surface area contributed by atoms with E-state index in [1.54, 1.807) is 6.92 Å². The maximum atomic E-state index is 11.2. The van der Waals surface area contributed by atoms with E-state index in [-0.39, 0.29) is 11.8 Å². The third-order valence-corrected chi connectivity index (χ3v) is 3.58. The average molecular weight is 255 g/mol. The summed E-state index contributed by atoms with van der Waals surface area (Å²) in [6, 6.07) is 15.1. The molecule has 2 rings (SSSR count). The summed E-state index contributed by atoms with van der Waals surface area (Å²) in [5.41, 5.74) is 1.31. The monoisotopic (exact) mass is 255 g/mol. The van der Waals surface area contributed by atoms with Crippen molar-refractivity contribution in [2.45, 2.75) is 25.8 Å². The zero-order chi connectivity index (χ0) is 13.8. The maximum absolute atomic E-state index is 11.2. The number of rotatable bonds is 5. The van der Waals surface area contributed by atoms with Gasteiger partial charge in [-0.2, -0.15) is 0 Å². The minimum atomic E-state index is 0.257. The predicted molar refractivity (Wildman–Crippen MR) is 80.3 cm³/mol. The molecular weight excluding hydrogens is 234 g/mol. The van der Waals surface area contributed by atoms with Crippen LogP contribution in [0.3, 0.4) is 0 Å². The summed E-state index contributed by atoms with van der Waals surface area (Å²) >= 11 is 0. The van der Waals surface area contributed by atoms with Gasteiger partial charge in [0, 0.05) is 12.5 Å². The Labute approximate surface area is 115 Å². The Morgan fingerprint density at radius 2 is 1.79 bits per heavy atom. The van der Waals surface area contributed by atoms with Crippen LogP contribution in [0.1, 0.15) is 31.4 Å². The van der Waals surface area contributed by atoms with Crippen LogP contribution in [0, 0.1) is 0 Å². The van der Waals surface area contributed by atoms with Gasteiger partial charge in [0.15, 0.2) is 0 Å². The summed E-state index contributed by atoms with van der Waals surface area (Å²) in [5, 5.41) is 2.54. The SMILES string of the molecule is CC(=O)CCC(c1cccc2ccccc12)N(C)C. The van der Waals surface area contributed by atoms with E-state index >= 15 is 0 Å². The van der Waals surface area contributed by atoms with Gasteiger partial charge in [-0.25, -0.2) is 0 Å². The van der Waals surface area contributed by atoms with Crippen LogP contribution in [-0.4, -0.2) is 24.8 Å². The molecule has 0 aromatic heterocycles. The molecule has 0 amide bonds. The molecule has 2 heteroatoms. The van der Waals surface area contributed by atoms with Crippen molar-refractivity contribution in [3.63, 3.8) is 0 Å². The first-order chi connectivity index (χ1) is 9.09. The summed E-state index contributed by atoms with van der Waals surface area (Å²) in [7, 11) is 4.15. The summed E-state index contributed by atoms with van der Waals surface area (Å²) in [5.74, 6) is 0.257. The molecule has 2 aromatic rings. The van der Waals surface area contributed by atoms with Gasteiger partial charge >= 0.3 is 0 Å². The standard InChI is InChI=1S/C17H21NO/c1-13(19)11-12-17(18(2)3)16-10-6-8-14-7-4-5-9-15(14)16/h4-10,17H,11-12H2,1-3H3. The van der Waals surface area contributed by atoms with E-state index in [0.717, 1.165) is 6.42 Å². The molecule has 0 spiro atoms. The average Bonchev–Trinajstić information content (AvgIpc) is 2.38. The van der Waals surface area contributed by atoms with E-state index in [0.29, 0.717) is 6.42 Å². The molecule has 2 nitrogen and oxygen atoms in total. The first kappa shape index (κ1) is 13.8. The van der Waals surface area contributed by atoms with Crippen molar-refractivity contribution < 1.29 is 4.79 Å². The smallest absolute Gasteiger partial charge is 0.129 e. The highest BCUT2D eigenvalue weighted by atomic mass is 16.1. The zero-order valence-electron chi connectivity index (χ0n) is 11.9. The van der Waals surface area contributed by atoms with Crippen molar-refractivity contribution in [1.82, 2.24) is 4.90 Å². The van der Waals surface area contributed by atoms with Crippen LogP contribution in [0.4, 0.5) is 0 Å². The lowest BCUT2D eigenvalue weighted by atomic mass is 9.94. The lowest BCUT2D eigenvalue weighted by Gasteiger charge is -2.25. The minimum Gasteiger partial charge on any atom is -0.302 e. The Kier molecular flexibility index (Phi) is 4.33. The van der Waals surface area contributed by atoms with Gasteiger partial charge in [0.05, 0.1) is 0 Å². The molecule has 0 saturated heterocycles. The van der Waals surface area contributed by atoms with Crippen LogP contribution in [0.25, 0.3) is 10.8 Å². The highest BCUT2D eigenvalue weighted by Crippen LogP contribution is 2.30. The van der Waals surface area contributed by atoms with Crippen LogP contribution in [-0.2, 0) is 4.79 Å². The molecular formula is C17H21NO. The summed E-state index contributed by atoms with van der Waals surface area (Å²) in [4.78, 5) is 13.4. The van der Waals surface area contributed by atoms with E-state index in [1.807, 2.05) is 0 Å². The fourth-order valence-electron chi connectivity index (χ4n) is 2.57. The number of benzene rings is 2. The Balaban J connectivity index is 2.41. The van der Waals surface area contributed by atoms with E-state index in [9.17, 15) is 4.79 Å². The van der Waals surface area contributed by atoms with Gasteiger partial charge in [0.2, 0.25) is 0 Å². The Morgan fingerprint density at radius 3 is 2.47 bits per heavy atom. The molecule has 1 atom stereocenters. The number of carbonyl (C=O) groups is 1. The summed E-state index contributed by atoms with van der Waals surface area (Å²) < 4.78 is 0. The van der Waals surface area contributed by atoms with Crippen molar-refractivity contribution in [3.05, 3.63) is 48.0 Å². The van der Waals surface area contributed by atoms with E-state index in [1.165, 1.54) is 16.3 Å². The number of carbonyl (C=O) groups excluding carboxylic acids is 1. The molecule has 0 aliphatic heterocycles. The number of nitrogens with zero attached hydrogens (tertiary/aromatic N) is 1. The summed E-state index contributed by atoms with van der Waals surface area (Å²) in [6.07, 6.45) is 1.50. The molecule has 0 radical (unpaired) electrons. The topological polar surface area (TPSA) is 20.3 Å². The van der Waals surface area contributed by atoms with E-state index < -0.39 is 0 Å². The molecule has 2 aromatic carbocycles. The van der Waals surface area contributed by atoms with Gasteiger partial charge in [0.25, 0.3) is 0 Å². The second-order valence-electron chi connectivity index (χ2n) is 5.29. The molecule has 0 heterocycles. The van der Waals surface area contributed by atoms with E-state index in [2.05, 4.69) is 61.5 Å². The van der Waals surface area contributed by atoms with Crippen molar-refractivity contribution in [2.24, 2.45) is 0 Å². The molecule has 0 aliphatic rings. The molecule has 0 N–H and O–H groups in total. The maximum Gasteiger partial charge on any atom is 0.129 e. The Morgan fingerprint density at radius 1 is 1.11 bits per heavy atom. The van der Waals surface area contributed by atoms with Gasteiger partial charge in [-0.3, -0.25) is 0 Å². The van der Waals surface area contributed by atoms with Gasteiger partial charge < -0.3 is 9.69 Å². The lowest BCUT2D eigenvalue weighted by Crippen LogP contribution is -2.21. The molecule has 19 heavy (non-hydrogen) atoms. The minimum absolute atomic E-state index is 0.257. The Hall–Kier alpha value is -1.67. The van der Waals surface area contributed by atoms with Gasteiger partial charge in [0.1, 0.15) is 5.78 Å². The molecule has 1 unspecified atom stereocenters. The van der Waals surface area contributed by atoms with Crippen molar-refractivity contribution in [3.8, 4) is 0 Å². The third kappa shape index (κ3) is 3.21. The summed E-state index contributed by atoms with van der Waals surface area (Å²) in [6.45, 7) is 1.66. The molecule has 0 saturated carbocycles. The van der Waals surface area contributed by atoms with Crippen LogP contribution >= 0.6 is 0 Å². The third-order valence-electron chi connectivity index (χ3n) is 3.58. The van der Waals surface area contributed by atoms with Gasteiger partial charge in [-0.05, 0) is 43.8 Å². The van der Waals surface area contributed by atoms with Crippen LogP contribution in [0.15, 0.2) is 42.5 Å². The number of fused-ring (bicyclic) bond motifs is 1. The number of hydrogen-bond donors (Lipinski definition) is 0. The first-order valence-electron chi connectivity index (χ1n) is 6.73. The second-order valence-corrected chi connectivity index (χ2v) is 5.29. The highest BCUT2D eigenvalue weighted by Gasteiger charge is 2.16. The number of hydrogen-bond acceptors (Lipinski definition) is 2. The van der Waals surface area contributed by atoms with Crippen molar-refractivity contribution in [2.75, 3.05) is 14.1 Å². The normalized spacial score (nSPS) is 12.8. The lowest BCUT2D eigenvalue weighted by molar-refractivity contribution is -0.117. The quantitative estimate of drug-likeness (QED) is 0.809. The second kappa shape index (κ2) is 5.98. The van der Waals surface area contributed by atoms with Crippen molar-refractivity contribution >= 4 is 16.6 Å². The van der Waals surface area contributed by atoms with Crippen LogP contribution in [0.2, 0.25) is 0 Å². The number of ketones is 1. The van der Waals surface area contributed by atoms with Crippen molar-refractivity contribution in [1.29, 1.82) is 0 Å². The van der Waals surface area contributed by atoms with Crippen LogP contribution in [0.5, 0.6) is 0 Å². The molecule has 0 fully saturated rings. The highest BCUT2D eigenvalue weighted by molar-refractivity contribution is 5.86. The fourth-order valence-corrected chi connectivity index (χ4v) is 2.57. The largest absolute Gasteiger partial charge is 0.302 e. The van der Waals surface area contributed by atoms with Gasteiger partial charge in [-0.15, -0.1) is 0 Å². The molecule has 100 valence electrons. The van der Waals surface area contributed by atoms with Gasteiger partial charge in [-0.1, -0.05) is 42.5 Å². The van der Waals surface area contributed by atoms with Crippen LogP contribution < -0.4 is 0 Å². The first-order valence-corrected chi connectivity index (χ1v) is 6.73. The predicted octanol–water partition coefficient (Wildman–Crippen LogP) is 3.81.